The minimum atomic E-state index is 0.724. The summed E-state index contributed by atoms with van der Waals surface area (Å²) in [6.07, 6.45) is 8.82. The molecular formula is C14H26N2. The minimum Gasteiger partial charge on any atom is -0.314 e. The van der Waals surface area contributed by atoms with Gasteiger partial charge in [0.15, 0.2) is 0 Å². The largest absolute Gasteiger partial charge is 0.314 e. The molecule has 0 aromatic rings. The zero-order valence-corrected chi connectivity index (χ0v) is 10.6. The van der Waals surface area contributed by atoms with E-state index in [2.05, 4.69) is 17.1 Å². The Morgan fingerprint density at radius 3 is 2.75 bits per heavy atom. The van der Waals surface area contributed by atoms with E-state index in [0.717, 1.165) is 23.9 Å². The molecule has 2 aliphatic carbocycles. The van der Waals surface area contributed by atoms with E-state index < -0.39 is 0 Å². The highest BCUT2D eigenvalue weighted by Crippen LogP contribution is 2.46. The molecule has 0 amide bonds. The highest BCUT2D eigenvalue weighted by atomic mass is 15.2. The smallest absolute Gasteiger partial charge is 0.0126 e. The number of nitrogens with zero attached hydrogens (tertiary/aromatic N) is 1. The second-order valence-electron chi connectivity index (χ2n) is 6.28. The van der Waals surface area contributed by atoms with Gasteiger partial charge in [-0.2, -0.15) is 0 Å². The molecule has 4 atom stereocenters. The molecule has 1 N–H and O–H groups in total. The summed E-state index contributed by atoms with van der Waals surface area (Å²) in [6.45, 7) is 6.23. The number of hydrogen-bond acceptors (Lipinski definition) is 2. The summed E-state index contributed by atoms with van der Waals surface area (Å²) in [4.78, 5) is 2.83. The molecule has 3 rings (SSSR count). The van der Waals surface area contributed by atoms with Crippen molar-refractivity contribution in [3.63, 3.8) is 0 Å². The Kier molecular flexibility index (Phi) is 3.21. The summed E-state index contributed by atoms with van der Waals surface area (Å²) >= 11 is 0. The molecule has 3 aliphatic rings. The van der Waals surface area contributed by atoms with Crippen LogP contribution in [0.4, 0.5) is 0 Å². The average molecular weight is 222 g/mol. The molecule has 2 heteroatoms. The zero-order chi connectivity index (χ0) is 11.0. The van der Waals surface area contributed by atoms with Gasteiger partial charge in [-0.3, -0.25) is 4.90 Å². The number of rotatable bonds is 1. The second kappa shape index (κ2) is 4.66. The van der Waals surface area contributed by atoms with Gasteiger partial charge in [0.1, 0.15) is 0 Å². The number of hydrogen-bond donors (Lipinski definition) is 1. The summed E-state index contributed by atoms with van der Waals surface area (Å²) < 4.78 is 0. The van der Waals surface area contributed by atoms with Crippen LogP contribution in [0.3, 0.4) is 0 Å². The normalized spacial score (nSPS) is 45.6. The molecular weight excluding hydrogens is 196 g/mol. The molecule has 4 unspecified atom stereocenters. The van der Waals surface area contributed by atoms with Gasteiger partial charge < -0.3 is 5.32 Å². The molecule has 2 saturated carbocycles. The Balaban J connectivity index is 1.60. The molecule has 0 aromatic heterocycles. The van der Waals surface area contributed by atoms with Gasteiger partial charge in [0.25, 0.3) is 0 Å². The third kappa shape index (κ3) is 2.14. The Morgan fingerprint density at radius 1 is 1.06 bits per heavy atom. The minimum absolute atomic E-state index is 0.724. The molecule has 16 heavy (non-hydrogen) atoms. The molecule has 3 fully saturated rings. The molecule has 0 spiro atoms. The van der Waals surface area contributed by atoms with Crippen LogP contribution < -0.4 is 5.32 Å². The van der Waals surface area contributed by atoms with Crippen molar-refractivity contribution in [2.45, 2.75) is 57.5 Å². The topological polar surface area (TPSA) is 15.3 Å². The Morgan fingerprint density at radius 2 is 2.00 bits per heavy atom. The molecule has 0 aromatic carbocycles. The third-order valence-corrected chi connectivity index (χ3v) is 5.13. The van der Waals surface area contributed by atoms with Gasteiger partial charge >= 0.3 is 0 Å². The fraction of sp³-hybridized carbons (Fsp3) is 1.00. The summed E-state index contributed by atoms with van der Waals surface area (Å²) in [5.41, 5.74) is 0. The average Bonchev–Trinajstić information content (AvgIpc) is 2.86. The van der Waals surface area contributed by atoms with Gasteiger partial charge in [0, 0.05) is 12.1 Å². The highest BCUT2D eigenvalue weighted by molar-refractivity contribution is 4.95. The van der Waals surface area contributed by atoms with Crippen LogP contribution >= 0.6 is 0 Å². The lowest BCUT2D eigenvalue weighted by molar-refractivity contribution is 0.127. The fourth-order valence-electron chi connectivity index (χ4n) is 4.19. The summed E-state index contributed by atoms with van der Waals surface area (Å²) in [5.74, 6) is 2.16. The first kappa shape index (κ1) is 11.0. The lowest BCUT2D eigenvalue weighted by Gasteiger charge is -2.36. The van der Waals surface area contributed by atoms with Crippen LogP contribution in [0.2, 0.25) is 0 Å². The maximum Gasteiger partial charge on any atom is 0.0126 e. The quantitative estimate of drug-likeness (QED) is 0.732. The Bertz CT molecular complexity index is 241. The summed E-state index contributed by atoms with van der Waals surface area (Å²) in [5, 5.41) is 3.60. The standard InChI is InChI=1S/C14H26N2/c1-11-5-8-16(7-2-6-15-11)14-10-12-3-4-13(14)9-12/h11-15H,2-10H2,1H3. The van der Waals surface area contributed by atoms with E-state index in [1.807, 2.05) is 0 Å². The van der Waals surface area contributed by atoms with Gasteiger partial charge in [0.05, 0.1) is 0 Å². The SMILES string of the molecule is CC1CCN(C2CC3CCC2C3)CCCN1. The molecule has 1 saturated heterocycles. The van der Waals surface area contributed by atoms with Crippen LogP contribution in [-0.4, -0.2) is 36.6 Å². The van der Waals surface area contributed by atoms with Crippen molar-refractivity contribution in [1.82, 2.24) is 10.2 Å². The second-order valence-corrected chi connectivity index (χ2v) is 6.28. The van der Waals surface area contributed by atoms with E-state index in [1.54, 1.807) is 6.42 Å². The Hall–Kier alpha value is -0.0800. The fourth-order valence-corrected chi connectivity index (χ4v) is 4.19. The summed E-state index contributed by atoms with van der Waals surface area (Å²) in [6, 6.07) is 1.69. The van der Waals surface area contributed by atoms with E-state index in [0.29, 0.717) is 0 Å². The molecule has 1 aliphatic heterocycles. The number of fused-ring (bicyclic) bond motifs is 2. The lowest BCUT2D eigenvalue weighted by Crippen LogP contribution is -2.45. The summed E-state index contributed by atoms with van der Waals surface area (Å²) in [7, 11) is 0. The van der Waals surface area contributed by atoms with Crippen molar-refractivity contribution in [1.29, 1.82) is 0 Å². The molecule has 92 valence electrons. The monoisotopic (exact) mass is 222 g/mol. The predicted molar refractivity (Wildman–Crippen MR) is 67.5 cm³/mol. The van der Waals surface area contributed by atoms with Crippen molar-refractivity contribution >= 4 is 0 Å². The van der Waals surface area contributed by atoms with E-state index in [1.165, 1.54) is 51.7 Å². The lowest BCUT2D eigenvalue weighted by atomic mass is 9.93. The van der Waals surface area contributed by atoms with Gasteiger partial charge in [-0.25, -0.2) is 0 Å². The van der Waals surface area contributed by atoms with Crippen molar-refractivity contribution in [2.75, 3.05) is 19.6 Å². The molecule has 2 bridgehead atoms. The first-order valence-electron chi connectivity index (χ1n) is 7.30. The predicted octanol–water partition coefficient (Wildman–Crippen LogP) is 2.25. The van der Waals surface area contributed by atoms with Gasteiger partial charge in [-0.05, 0) is 70.5 Å². The Labute approximate surface area is 99.8 Å². The van der Waals surface area contributed by atoms with Gasteiger partial charge in [-0.1, -0.05) is 6.42 Å². The van der Waals surface area contributed by atoms with Crippen molar-refractivity contribution in [2.24, 2.45) is 11.8 Å². The highest BCUT2D eigenvalue weighted by Gasteiger charge is 2.42. The van der Waals surface area contributed by atoms with Gasteiger partial charge in [-0.15, -0.1) is 0 Å². The van der Waals surface area contributed by atoms with Crippen LogP contribution in [0, 0.1) is 11.8 Å². The zero-order valence-electron chi connectivity index (χ0n) is 10.6. The van der Waals surface area contributed by atoms with E-state index in [4.69, 9.17) is 0 Å². The molecule has 1 heterocycles. The van der Waals surface area contributed by atoms with E-state index >= 15 is 0 Å². The van der Waals surface area contributed by atoms with E-state index in [-0.39, 0.29) is 0 Å². The van der Waals surface area contributed by atoms with E-state index in [9.17, 15) is 0 Å². The van der Waals surface area contributed by atoms with Crippen LogP contribution in [-0.2, 0) is 0 Å². The maximum absolute atomic E-state index is 3.60. The molecule has 2 nitrogen and oxygen atoms in total. The van der Waals surface area contributed by atoms with Gasteiger partial charge in [0.2, 0.25) is 0 Å². The first-order chi connectivity index (χ1) is 7.83. The first-order valence-corrected chi connectivity index (χ1v) is 7.30. The molecule has 0 radical (unpaired) electrons. The van der Waals surface area contributed by atoms with Crippen LogP contribution in [0.25, 0.3) is 0 Å². The number of nitrogens with one attached hydrogen (secondary N) is 1. The van der Waals surface area contributed by atoms with Crippen LogP contribution in [0.1, 0.15) is 45.4 Å². The van der Waals surface area contributed by atoms with Crippen molar-refractivity contribution in [3.8, 4) is 0 Å². The van der Waals surface area contributed by atoms with Crippen molar-refractivity contribution < 1.29 is 0 Å². The third-order valence-electron chi connectivity index (χ3n) is 5.13. The van der Waals surface area contributed by atoms with Crippen LogP contribution in [0.15, 0.2) is 0 Å². The van der Waals surface area contributed by atoms with Crippen LogP contribution in [0.5, 0.6) is 0 Å². The van der Waals surface area contributed by atoms with Crippen molar-refractivity contribution in [3.05, 3.63) is 0 Å². The maximum atomic E-state index is 3.60.